The summed E-state index contributed by atoms with van der Waals surface area (Å²) in [5, 5.41) is 0.0107. The van der Waals surface area contributed by atoms with Crippen LogP contribution in [-0.4, -0.2) is 31.1 Å². The van der Waals surface area contributed by atoms with Crippen LogP contribution in [0.5, 0.6) is 0 Å². The number of aryl methyl sites for hydroxylation is 1. The minimum absolute atomic E-state index is 0.0107. The maximum atomic E-state index is 13.2. The fraction of sp³-hybridized carbons (Fsp3) is 0.462. The summed E-state index contributed by atoms with van der Waals surface area (Å²) in [6, 6.07) is 4.54. The lowest BCUT2D eigenvalue weighted by atomic mass is 10.3. The molecule has 1 heterocycles. The lowest BCUT2D eigenvalue weighted by Crippen LogP contribution is -2.19. The third kappa shape index (κ3) is 3.15. The molecular formula is C13H16ClFN2OS. The summed E-state index contributed by atoms with van der Waals surface area (Å²) in [6.45, 7) is 2.52. The van der Waals surface area contributed by atoms with Gasteiger partial charge in [-0.1, -0.05) is 0 Å². The number of fused-ring (bicyclic) bond motifs is 1. The first-order chi connectivity index (χ1) is 9.02. The molecule has 104 valence electrons. The third-order valence-corrected chi connectivity index (χ3v) is 4.59. The second-order valence-corrected chi connectivity index (χ2v) is 6.70. The number of aromatic nitrogens is 2. The van der Waals surface area contributed by atoms with E-state index in [2.05, 4.69) is 4.98 Å². The van der Waals surface area contributed by atoms with E-state index in [-0.39, 0.29) is 11.1 Å². The van der Waals surface area contributed by atoms with Crippen molar-refractivity contribution in [3.05, 3.63) is 29.8 Å². The average molecular weight is 303 g/mol. The van der Waals surface area contributed by atoms with Gasteiger partial charge in [-0.2, -0.15) is 0 Å². The summed E-state index contributed by atoms with van der Waals surface area (Å²) < 4.78 is 26.7. The van der Waals surface area contributed by atoms with Crippen LogP contribution < -0.4 is 0 Å². The highest BCUT2D eigenvalue weighted by Gasteiger charge is 2.15. The van der Waals surface area contributed by atoms with Crippen LogP contribution in [0.4, 0.5) is 4.39 Å². The molecule has 0 radical (unpaired) electrons. The van der Waals surface area contributed by atoms with Crippen molar-refractivity contribution in [2.75, 3.05) is 12.1 Å². The number of nitrogens with zero attached hydrogens (tertiary/aromatic N) is 2. The molecule has 19 heavy (non-hydrogen) atoms. The van der Waals surface area contributed by atoms with Gasteiger partial charge in [-0.15, -0.1) is 11.6 Å². The van der Waals surface area contributed by atoms with Crippen molar-refractivity contribution in [1.29, 1.82) is 0 Å². The van der Waals surface area contributed by atoms with Gasteiger partial charge in [0.25, 0.3) is 0 Å². The molecule has 1 aromatic heterocycles. The van der Waals surface area contributed by atoms with E-state index in [1.807, 2.05) is 11.5 Å². The minimum Gasteiger partial charge on any atom is -0.327 e. The molecule has 3 nitrogen and oxygen atoms in total. The summed E-state index contributed by atoms with van der Waals surface area (Å²) in [5.41, 5.74) is 1.48. The Morgan fingerprint density at radius 3 is 2.89 bits per heavy atom. The van der Waals surface area contributed by atoms with Crippen LogP contribution in [0.3, 0.4) is 0 Å². The van der Waals surface area contributed by atoms with Crippen LogP contribution >= 0.6 is 11.6 Å². The normalized spacial score (nSPS) is 14.7. The van der Waals surface area contributed by atoms with Gasteiger partial charge >= 0.3 is 0 Å². The molecule has 0 spiro atoms. The first kappa shape index (κ1) is 14.5. The molecule has 2 unspecified atom stereocenters. The van der Waals surface area contributed by atoms with E-state index in [1.165, 1.54) is 12.1 Å². The summed E-state index contributed by atoms with van der Waals surface area (Å²) in [5.74, 6) is 0.963. The molecule has 2 aromatic rings. The summed E-state index contributed by atoms with van der Waals surface area (Å²) in [7, 11) is -0.910. The average Bonchev–Trinajstić information content (AvgIpc) is 2.67. The number of benzene rings is 1. The number of hydrogen-bond donors (Lipinski definition) is 0. The van der Waals surface area contributed by atoms with Crippen LogP contribution in [-0.2, 0) is 23.8 Å². The highest BCUT2D eigenvalue weighted by atomic mass is 35.5. The smallest absolute Gasteiger partial charge is 0.125 e. The standard InChI is InChI=1S/C13H16ClFN2OS/c1-9(19(2)18)8-17-12-4-3-10(15)7-11(12)16-13(17)5-6-14/h3-4,7,9H,5-6,8H2,1-2H3. The number of halogens is 2. The second-order valence-electron chi connectivity index (χ2n) is 4.52. The van der Waals surface area contributed by atoms with Gasteiger partial charge in [0, 0.05) is 47.2 Å². The van der Waals surface area contributed by atoms with Crippen LogP contribution in [0.1, 0.15) is 12.7 Å². The molecule has 2 rings (SSSR count). The zero-order chi connectivity index (χ0) is 14.0. The lowest BCUT2D eigenvalue weighted by molar-refractivity contribution is 0.627. The van der Waals surface area contributed by atoms with E-state index in [0.717, 1.165) is 11.3 Å². The van der Waals surface area contributed by atoms with Gasteiger partial charge in [0.2, 0.25) is 0 Å². The van der Waals surface area contributed by atoms with E-state index in [0.29, 0.717) is 24.4 Å². The molecule has 6 heteroatoms. The molecule has 0 bridgehead atoms. The number of alkyl halides is 1. The van der Waals surface area contributed by atoms with Gasteiger partial charge in [-0.3, -0.25) is 4.21 Å². The van der Waals surface area contributed by atoms with Crippen molar-refractivity contribution in [3.63, 3.8) is 0 Å². The Morgan fingerprint density at radius 2 is 2.26 bits per heavy atom. The van der Waals surface area contributed by atoms with Crippen molar-refractivity contribution < 1.29 is 8.60 Å². The topological polar surface area (TPSA) is 34.9 Å². The quantitative estimate of drug-likeness (QED) is 0.796. The summed E-state index contributed by atoms with van der Waals surface area (Å²) >= 11 is 5.78. The molecule has 0 saturated carbocycles. The highest BCUT2D eigenvalue weighted by Crippen LogP contribution is 2.19. The van der Waals surface area contributed by atoms with Crippen LogP contribution in [0.2, 0.25) is 0 Å². The van der Waals surface area contributed by atoms with E-state index in [4.69, 9.17) is 11.6 Å². The SMILES string of the molecule is CC(Cn1c(CCCl)nc2cc(F)ccc21)S(C)=O. The van der Waals surface area contributed by atoms with Gasteiger partial charge in [-0.05, 0) is 19.1 Å². The zero-order valence-electron chi connectivity index (χ0n) is 10.9. The molecule has 0 N–H and O–H groups in total. The third-order valence-electron chi connectivity index (χ3n) is 3.11. The zero-order valence-corrected chi connectivity index (χ0v) is 12.5. The van der Waals surface area contributed by atoms with Crippen molar-refractivity contribution in [1.82, 2.24) is 9.55 Å². The Balaban J connectivity index is 2.48. The van der Waals surface area contributed by atoms with Gasteiger partial charge in [-0.25, -0.2) is 9.37 Å². The van der Waals surface area contributed by atoms with E-state index in [1.54, 1.807) is 12.3 Å². The van der Waals surface area contributed by atoms with E-state index in [9.17, 15) is 8.60 Å². The Labute approximate surface area is 119 Å². The van der Waals surface area contributed by atoms with Gasteiger partial charge in [0.05, 0.1) is 11.0 Å². The fourth-order valence-corrected chi connectivity index (χ4v) is 2.52. The van der Waals surface area contributed by atoms with Crippen LogP contribution in [0.15, 0.2) is 18.2 Å². The largest absolute Gasteiger partial charge is 0.327 e. The van der Waals surface area contributed by atoms with Crippen molar-refractivity contribution in [2.24, 2.45) is 0 Å². The Bertz CT molecular complexity index is 614. The summed E-state index contributed by atoms with van der Waals surface area (Å²) in [6.07, 6.45) is 2.30. The fourth-order valence-electron chi connectivity index (χ4n) is 1.99. The lowest BCUT2D eigenvalue weighted by Gasteiger charge is -2.13. The Morgan fingerprint density at radius 1 is 1.53 bits per heavy atom. The Kier molecular flexibility index (Phi) is 4.58. The molecular weight excluding hydrogens is 287 g/mol. The molecule has 0 aliphatic rings. The molecule has 0 aliphatic carbocycles. The van der Waals surface area contributed by atoms with E-state index >= 15 is 0 Å². The monoisotopic (exact) mass is 302 g/mol. The van der Waals surface area contributed by atoms with Gasteiger partial charge in [0.1, 0.15) is 11.6 Å². The molecule has 1 aromatic carbocycles. The van der Waals surface area contributed by atoms with Gasteiger partial charge < -0.3 is 4.57 Å². The second kappa shape index (κ2) is 6.01. The van der Waals surface area contributed by atoms with Gasteiger partial charge in [0.15, 0.2) is 0 Å². The number of imidazole rings is 1. The maximum Gasteiger partial charge on any atom is 0.125 e. The summed E-state index contributed by atoms with van der Waals surface area (Å²) in [4.78, 5) is 4.42. The minimum atomic E-state index is -0.910. The molecule has 2 atom stereocenters. The van der Waals surface area contributed by atoms with Crippen molar-refractivity contribution in [2.45, 2.75) is 25.1 Å². The maximum absolute atomic E-state index is 13.2. The predicted octanol–water partition coefficient (Wildman–Crippen LogP) is 2.72. The number of hydrogen-bond acceptors (Lipinski definition) is 2. The number of rotatable bonds is 5. The van der Waals surface area contributed by atoms with Crippen molar-refractivity contribution in [3.8, 4) is 0 Å². The molecule has 0 amide bonds. The van der Waals surface area contributed by atoms with E-state index < -0.39 is 10.8 Å². The highest BCUT2D eigenvalue weighted by molar-refractivity contribution is 7.84. The first-order valence-electron chi connectivity index (χ1n) is 6.05. The Hall–Kier alpha value is -0.940. The van der Waals surface area contributed by atoms with Crippen LogP contribution in [0.25, 0.3) is 11.0 Å². The first-order valence-corrected chi connectivity index (χ1v) is 8.21. The molecule has 0 aliphatic heterocycles. The van der Waals surface area contributed by atoms with Crippen molar-refractivity contribution >= 4 is 33.4 Å². The molecule has 0 fully saturated rings. The molecule has 0 saturated heterocycles. The predicted molar refractivity (Wildman–Crippen MR) is 77.6 cm³/mol. The van der Waals surface area contributed by atoms with Crippen LogP contribution in [0, 0.1) is 5.82 Å².